The largest absolute Gasteiger partial charge is 0.350 e. The molecule has 1 N–H and O–H groups in total. The topological polar surface area (TPSA) is 89.3 Å². The van der Waals surface area contributed by atoms with E-state index in [1.54, 1.807) is 18.2 Å². The second-order valence-corrected chi connectivity index (χ2v) is 7.62. The lowest BCUT2D eigenvalue weighted by atomic mass is 10.1. The molecule has 142 valence electrons. The van der Waals surface area contributed by atoms with Crippen LogP contribution in [0.4, 0.5) is 17.1 Å². The van der Waals surface area contributed by atoms with Crippen LogP contribution in [0.15, 0.2) is 77.7 Å². The second kappa shape index (κ2) is 8.58. The molecule has 3 aromatic carbocycles. The quantitative estimate of drug-likeness (QED) is 0.351. The Morgan fingerprint density at radius 2 is 1.79 bits per heavy atom. The third-order valence-electron chi connectivity index (χ3n) is 4.11. The highest BCUT2D eigenvalue weighted by Gasteiger charge is 2.16. The number of nitro benzene ring substituents is 1. The number of rotatable bonds is 7. The van der Waals surface area contributed by atoms with Crippen LogP contribution in [0.3, 0.4) is 0 Å². The van der Waals surface area contributed by atoms with Gasteiger partial charge in [0, 0.05) is 22.2 Å². The van der Waals surface area contributed by atoms with Crippen LogP contribution in [0.1, 0.15) is 22.8 Å². The van der Waals surface area contributed by atoms with E-state index in [0.29, 0.717) is 11.4 Å². The molecule has 3 rings (SSSR count). The molecule has 1 atom stereocenters. The lowest BCUT2D eigenvalue weighted by Crippen LogP contribution is -2.01. The van der Waals surface area contributed by atoms with Gasteiger partial charge >= 0.3 is 0 Å². The van der Waals surface area contributed by atoms with Crippen molar-refractivity contribution >= 4 is 33.6 Å². The number of Topliss-reactive ketones (excluding diaryl/α,β-unsaturated/α-hetero) is 1. The maximum Gasteiger partial charge on any atom is 0.293 e. The summed E-state index contributed by atoms with van der Waals surface area (Å²) >= 11 is 0. The lowest BCUT2D eigenvalue weighted by molar-refractivity contribution is -0.383. The van der Waals surface area contributed by atoms with Crippen LogP contribution in [-0.4, -0.2) is 14.9 Å². The van der Waals surface area contributed by atoms with Gasteiger partial charge in [0.1, 0.15) is 5.69 Å². The van der Waals surface area contributed by atoms with Crippen molar-refractivity contribution in [3.8, 4) is 0 Å². The van der Waals surface area contributed by atoms with E-state index in [2.05, 4.69) is 5.32 Å². The maximum absolute atomic E-state index is 12.5. The van der Waals surface area contributed by atoms with Gasteiger partial charge in [-0.2, -0.15) is 0 Å². The first-order chi connectivity index (χ1) is 13.4. The fraction of sp³-hybridized carbons (Fsp3) is 0.0952. The van der Waals surface area contributed by atoms with E-state index >= 15 is 0 Å². The molecule has 1 unspecified atom stereocenters. The van der Waals surface area contributed by atoms with Crippen molar-refractivity contribution < 1.29 is 13.9 Å². The molecule has 0 radical (unpaired) electrons. The smallest absolute Gasteiger partial charge is 0.293 e. The Morgan fingerprint density at radius 3 is 2.46 bits per heavy atom. The number of nitrogens with one attached hydrogen (secondary N) is 1. The number of carbonyl (C=O) groups is 1. The molecule has 0 aliphatic heterocycles. The molecule has 0 saturated heterocycles. The first kappa shape index (κ1) is 19.4. The lowest BCUT2D eigenvalue weighted by Gasteiger charge is -2.10. The van der Waals surface area contributed by atoms with E-state index in [1.807, 2.05) is 42.5 Å². The fourth-order valence-electron chi connectivity index (χ4n) is 2.71. The number of carbonyl (C=O) groups excluding carboxylic acids is 1. The van der Waals surface area contributed by atoms with Crippen molar-refractivity contribution in [2.75, 3.05) is 5.32 Å². The summed E-state index contributed by atoms with van der Waals surface area (Å²) in [6.07, 6.45) is 0. The average Bonchev–Trinajstić information content (AvgIpc) is 2.69. The Hall–Kier alpha value is -3.32. The SMILES string of the molecule is CC(=O)c1ccc(Nc2cccc(CS(=O)c3ccccc3)c2)c([N+](=O)[O-])c1. The van der Waals surface area contributed by atoms with Crippen molar-refractivity contribution in [3.05, 3.63) is 94.0 Å². The van der Waals surface area contributed by atoms with Gasteiger partial charge in [-0.3, -0.25) is 19.1 Å². The number of nitro groups is 1. The third-order valence-corrected chi connectivity index (χ3v) is 5.50. The first-order valence-electron chi connectivity index (χ1n) is 8.53. The Balaban J connectivity index is 1.82. The molecule has 6 nitrogen and oxygen atoms in total. The van der Waals surface area contributed by atoms with Gasteiger partial charge in [-0.05, 0) is 48.9 Å². The minimum Gasteiger partial charge on any atom is -0.350 e. The Labute approximate surface area is 164 Å². The molecule has 0 fully saturated rings. The minimum absolute atomic E-state index is 0.175. The third kappa shape index (κ3) is 4.69. The van der Waals surface area contributed by atoms with Gasteiger partial charge in [-0.15, -0.1) is 0 Å². The zero-order valence-electron chi connectivity index (χ0n) is 15.1. The molecule has 0 bridgehead atoms. The average molecular weight is 394 g/mol. The van der Waals surface area contributed by atoms with Crippen LogP contribution in [0.5, 0.6) is 0 Å². The fourth-order valence-corrected chi connectivity index (χ4v) is 3.82. The number of ketones is 1. The van der Waals surface area contributed by atoms with Crippen LogP contribution < -0.4 is 5.32 Å². The zero-order valence-corrected chi connectivity index (χ0v) is 15.9. The molecule has 0 amide bonds. The first-order valence-corrected chi connectivity index (χ1v) is 9.84. The van der Waals surface area contributed by atoms with Crippen molar-refractivity contribution in [2.24, 2.45) is 0 Å². The molecular weight excluding hydrogens is 376 g/mol. The van der Waals surface area contributed by atoms with E-state index in [9.17, 15) is 19.1 Å². The molecule has 3 aromatic rings. The van der Waals surface area contributed by atoms with Crippen molar-refractivity contribution in [1.29, 1.82) is 0 Å². The van der Waals surface area contributed by atoms with Gasteiger partial charge in [-0.1, -0.05) is 30.3 Å². The molecule has 0 aliphatic carbocycles. The number of nitrogens with zero attached hydrogens (tertiary/aromatic N) is 1. The Morgan fingerprint density at radius 1 is 1.04 bits per heavy atom. The van der Waals surface area contributed by atoms with Gasteiger partial charge < -0.3 is 5.32 Å². The molecule has 28 heavy (non-hydrogen) atoms. The standard InChI is InChI=1S/C21H18N2O4S/c1-15(24)17-10-11-20(21(13-17)23(25)26)22-18-7-5-6-16(12-18)14-28(27)19-8-3-2-4-9-19/h2-13,22H,14H2,1H3. The van der Waals surface area contributed by atoms with Gasteiger partial charge in [-0.25, -0.2) is 0 Å². The number of anilines is 2. The van der Waals surface area contributed by atoms with Gasteiger partial charge in [0.15, 0.2) is 5.78 Å². The van der Waals surface area contributed by atoms with Crippen LogP contribution >= 0.6 is 0 Å². The highest BCUT2D eigenvalue weighted by atomic mass is 32.2. The molecule has 0 spiro atoms. The summed E-state index contributed by atoms with van der Waals surface area (Å²) in [5, 5.41) is 14.4. The van der Waals surface area contributed by atoms with E-state index in [0.717, 1.165) is 10.5 Å². The Bertz CT molecular complexity index is 1050. The second-order valence-electron chi connectivity index (χ2n) is 6.17. The van der Waals surface area contributed by atoms with Gasteiger partial charge in [0.25, 0.3) is 5.69 Å². The van der Waals surface area contributed by atoms with E-state index in [4.69, 9.17) is 0 Å². The summed E-state index contributed by atoms with van der Waals surface area (Å²) in [6.45, 7) is 1.36. The number of hydrogen-bond donors (Lipinski definition) is 1. The van der Waals surface area contributed by atoms with Crippen LogP contribution in [-0.2, 0) is 16.6 Å². The van der Waals surface area contributed by atoms with Crippen molar-refractivity contribution in [3.63, 3.8) is 0 Å². The van der Waals surface area contributed by atoms with Crippen LogP contribution in [0.25, 0.3) is 0 Å². The van der Waals surface area contributed by atoms with Crippen molar-refractivity contribution in [1.82, 2.24) is 0 Å². The Kier molecular flexibility index (Phi) is 5.96. The molecule has 0 saturated carbocycles. The van der Waals surface area contributed by atoms with E-state index in [1.165, 1.54) is 19.1 Å². The molecule has 0 aliphatic rings. The van der Waals surface area contributed by atoms with Crippen LogP contribution in [0, 0.1) is 10.1 Å². The summed E-state index contributed by atoms with van der Waals surface area (Å²) in [4.78, 5) is 23.1. The van der Waals surface area contributed by atoms with Crippen LogP contribution in [0.2, 0.25) is 0 Å². The van der Waals surface area contributed by atoms with E-state index in [-0.39, 0.29) is 22.7 Å². The normalized spacial score (nSPS) is 11.6. The molecular formula is C21H18N2O4S. The maximum atomic E-state index is 12.5. The molecule has 0 aromatic heterocycles. The highest BCUT2D eigenvalue weighted by Crippen LogP contribution is 2.29. The summed E-state index contributed by atoms with van der Waals surface area (Å²) in [5.74, 6) is 0.102. The summed E-state index contributed by atoms with van der Waals surface area (Å²) < 4.78 is 12.5. The minimum atomic E-state index is -1.18. The molecule has 0 heterocycles. The summed E-state index contributed by atoms with van der Waals surface area (Å²) in [6, 6.07) is 20.8. The van der Waals surface area contributed by atoms with Gasteiger partial charge in [0.2, 0.25) is 0 Å². The summed E-state index contributed by atoms with van der Waals surface area (Å²) in [7, 11) is -1.18. The monoisotopic (exact) mass is 394 g/mol. The van der Waals surface area contributed by atoms with E-state index < -0.39 is 15.7 Å². The number of benzene rings is 3. The van der Waals surface area contributed by atoms with Gasteiger partial charge in [0.05, 0.1) is 21.5 Å². The summed E-state index contributed by atoms with van der Waals surface area (Å²) in [5.41, 5.74) is 1.88. The van der Waals surface area contributed by atoms with Crippen molar-refractivity contribution in [2.45, 2.75) is 17.6 Å². The highest BCUT2D eigenvalue weighted by molar-refractivity contribution is 7.84. The zero-order chi connectivity index (χ0) is 20.1. The molecule has 7 heteroatoms. The number of hydrogen-bond acceptors (Lipinski definition) is 5. The predicted molar refractivity (Wildman–Crippen MR) is 109 cm³/mol. The predicted octanol–water partition coefficient (Wildman–Crippen LogP) is 4.85.